The molecule has 0 amide bonds. The molecule has 7 aromatic heterocycles. The molecule has 0 fully saturated rings. The summed E-state index contributed by atoms with van der Waals surface area (Å²) >= 11 is 0. The van der Waals surface area contributed by atoms with Crippen molar-refractivity contribution in [2.24, 2.45) is 0 Å². The summed E-state index contributed by atoms with van der Waals surface area (Å²) in [6.07, 6.45) is 17.4. The molecule has 8 nitrogen and oxygen atoms in total. The molecule has 16 bridgehead atoms. The first-order valence-corrected chi connectivity index (χ1v) is 29.8. The summed E-state index contributed by atoms with van der Waals surface area (Å²) in [6.45, 7) is 0. The Morgan fingerprint density at radius 3 is 1.07 bits per heavy atom. The molecule has 0 saturated carbocycles. The molecule has 88 heavy (non-hydrogen) atoms. The van der Waals surface area contributed by atoms with Gasteiger partial charge in [-0.2, -0.15) is 0 Å². The van der Waals surface area contributed by atoms with Crippen LogP contribution in [-0.2, 0) is 0 Å². The number of rotatable bonds is 4. The molecule has 3 aliphatic heterocycles. The lowest BCUT2D eigenvalue weighted by Crippen LogP contribution is -2.11. The predicted octanol–water partition coefficient (Wildman–Crippen LogP) is 16.4. The second-order valence-electron chi connectivity index (χ2n) is 22.5. The molecule has 414 valence electrons. The van der Waals surface area contributed by atoms with Gasteiger partial charge in [0.15, 0.2) is 0 Å². The Kier molecular flexibility index (Phi) is 12.0. The van der Waals surface area contributed by atoms with E-state index in [1.807, 2.05) is 0 Å². The van der Waals surface area contributed by atoms with Gasteiger partial charge in [0.1, 0.15) is 0 Å². The fourth-order valence-electron chi connectivity index (χ4n) is 13.2. The highest BCUT2D eigenvalue weighted by Crippen LogP contribution is 2.47. The summed E-state index contributed by atoms with van der Waals surface area (Å²) in [6, 6.07) is 87.7. The molecule has 0 saturated heterocycles. The van der Waals surface area contributed by atoms with E-state index < -0.39 is 0 Å². The first-order valence-electron chi connectivity index (χ1n) is 29.8. The minimum absolute atomic E-state index is 0.889. The van der Waals surface area contributed by atoms with Crippen molar-refractivity contribution in [3.8, 4) is 39.1 Å². The van der Waals surface area contributed by atoms with Gasteiger partial charge >= 0.3 is 0 Å². The maximum absolute atomic E-state index is 5.29. The molecule has 8 aromatic carbocycles. The zero-order chi connectivity index (χ0) is 58.1. The van der Waals surface area contributed by atoms with Crippen LogP contribution < -0.4 is 21.4 Å². The average Bonchev–Trinajstić information content (AvgIpc) is 1.68. The van der Waals surface area contributed by atoms with Crippen molar-refractivity contribution in [3.63, 3.8) is 0 Å². The molecule has 18 rings (SSSR count). The Bertz CT molecular complexity index is 5440. The van der Waals surface area contributed by atoms with E-state index >= 15 is 0 Å². The van der Waals surface area contributed by atoms with Crippen molar-refractivity contribution in [1.82, 2.24) is 39.5 Å². The number of aromatic nitrogens is 8. The lowest BCUT2D eigenvalue weighted by Gasteiger charge is -2.13. The van der Waals surface area contributed by atoms with Crippen LogP contribution in [0.4, 0.5) is 0 Å². The van der Waals surface area contributed by atoms with E-state index in [2.05, 4.69) is 327 Å². The lowest BCUT2D eigenvalue weighted by atomic mass is 9.93. The van der Waals surface area contributed by atoms with Crippen LogP contribution in [0.1, 0.15) is 45.6 Å². The smallest absolute Gasteiger partial charge is 0.0737 e. The minimum Gasteiger partial charge on any atom is -0.355 e. The first kappa shape index (κ1) is 50.5. The number of nitrogens with zero attached hydrogens (tertiary/aromatic N) is 3. The van der Waals surface area contributed by atoms with Gasteiger partial charge in [-0.3, -0.25) is 0 Å². The molecule has 5 N–H and O–H groups in total. The van der Waals surface area contributed by atoms with E-state index in [-0.39, 0.29) is 0 Å². The van der Waals surface area contributed by atoms with Crippen LogP contribution in [0, 0.1) is 0 Å². The second kappa shape index (κ2) is 21.0. The summed E-state index contributed by atoms with van der Waals surface area (Å²) in [5.74, 6) is 0. The zero-order valence-corrected chi connectivity index (χ0v) is 47.6. The fourth-order valence-corrected chi connectivity index (χ4v) is 13.2. The Balaban J connectivity index is 0.000000139. The Morgan fingerprint density at radius 2 is 0.625 bits per heavy atom. The largest absolute Gasteiger partial charge is 0.355 e. The van der Waals surface area contributed by atoms with Gasteiger partial charge in [0.05, 0.1) is 33.8 Å². The van der Waals surface area contributed by atoms with Crippen LogP contribution in [0.2, 0.25) is 0 Å². The number of aromatic amines is 5. The Morgan fingerprint density at radius 1 is 0.273 bits per heavy atom. The van der Waals surface area contributed by atoms with E-state index in [0.29, 0.717) is 0 Å². The summed E-state index contributed by atoms with van der Waals surface area (Å²) in [5.41, 5.74) is 19.8. The van der Waals surface area contributed by atoms with E-state index in [1.165, 1.54) is 43.1 Å². The number of H-pyrrole nitrogens is 5. The summed E-state index contributed by atoms with van der Waals surface area (Å²) in [5, 5.41) is 13.9. The van der Waals surface area contributed by atoms with E-state index in [4.69, 9.17) is 9.97 Å². The number of nitrogens with one attached hydrogen (secondary N) is 5. The molecule has 10 heterocycles. The topological polar surface area (TPSA) is 110 Å². The monoisotopic (exact) mass is 1130 g/mol. The number of para-hydroxylation sites is 1. The molecule has 15 aromatic rings. The molecule has 0 atom stereocenters. The van der Waals surface area contributed by atoms with Gasteiger partial charge in [0.2, 0.25) is 0 Å². The van der Waals surface area contributed by atoms with E-state index in [0.717, 1.165) is 128 Å². The molecule has 0 aliphatic carbocycles. The van der Waals surface area contributed by atoms with Gasteiger partial charge in [-0.1, -0.05) is 206 Å². The van der Waals surface area contributed by atoms with Gasteiger partial charge in [-0.15, -0.1) is 0 Å². The van der Waals surface area contributed by atoms with Crippen LogP contribution in [0.3, 0.4) is 0 Å². The maximum atomic E-state index is 5.29. The average molecular weight is 1130 g/mol. The molecule has 0 unspecified atom stereocenters. The standard InChI is InChI=1S/C44H30N4.C36H24N4/c1-5-13-30(14-6-1)41-39-26-25-36(47-39)28-35-22-21-33(45-35)27-34-23-24-37(46-34)29-40-42(31-15-7-2-8-16-31)43(32-17-9-3-10-18-32)44(41)48(40)38-19-11-4-12-20-38;1-2-10-22-21(9-1)29-17-31-23-11-3-4-12-24(23)33(38-31)19-35-27-15-7-8-16-28(27)36(40-35)20-34-26-14-6-5-13-25(26)32(39-34)18-30(22)37-29/h1-29,45H;1-20,37-40H. The quantitative estimate of drug-likeness (QED) is 0.121. The highest BCUT2D eigenvalue weighted by atomic mass is 15.0. The zero-order valence-electron chi connectivity index (χ0n) is 47.6. The van der Waals surface area contributed by atoms with Gasteiger partial charge in [-0.05, 0) is 108 Å². The number of hydrogen-bond acceptors (Lipinski definition) is 2. The third kappa shape index (κ3) is 8.86. The van der Waals surface area contributed by atoms with Crippen LogP contribution in [-0.4, -0.2) is 39.5 Å². The van der Waals surface area contributed by atoms with Crippen molar-refractivity contribution >= 4 is 114 Å². The SMILES string of the molecule is C1=Cc2cc3c(-c4ccccc4)c(-c4ccccc4)c(c(-c4ccccc4)c4nc(cc5ccc(cc1n2)[nH]5)C=C4)n3-c1ccccc1.C1=c2[nH]c(c3ccccc23)=Cc2[nH]c(c3ccccc23)C=c2[nH]c(c3ccccc23)=Cc2[nH]c1c1ccccc21. The maximum Gasteiger partial charge on any atom is 0.0737 e. The summed E-state index contributed by atoms with van der Waals surface area (Å²) < 4.78 is 2.41. The molecule has 0 spiro atoms. The predicted molar refractivity (Wildman–Crippen MR) is 366 cm³/mol. The molecule has 8 heteroatoms. The van der Waals surface area contributed by atoms with Gasteiger partial charge < -0.3 is 29.5 Å². The van der Waals surface area contributed by atoms with Gasteiger partial charge in [0.25, 0.3) is 0 Å². The first-order chi connectivity index (χ1) is 43.6. The van der Waals surface area contributed by atoms with Crippen LogP contribution in [0.25, 0.3) is 153 Å². The van der Waals surface area contributed by atoms with Crippen LogP contribution in [0.15, 0.2) is 249 Å². The van der Waals surface area contributed by atoms with Crippen LogP contribution in [0.5, 0.6) is 0 Å². The fraction of sp³-hybridized carbons (Fsp3) is 0. The van der Waals surface area contributed by atoms with Gasteiger partial charge in [0, 0.05) is 121 Å². The Labute approximate surface area is 505 Å². The second-order valence-corrected chi connectivity index (χ2v) is 22.5. The van der Waals surface area contributed by atoms with Crippen molar-refractivity contribution in [2.45, 2.75) is 0 Å². The summed E-state index contributed by atoms with van der Waals surface area (Å²) in [7, 11) is 0. The van der Waals surface area contributed by atoms with Crippen molar-refractivity contribution in [3.05, 3.63) is 316 Å². The summed E-state index contributed by atoms with van der Waals surface area (Å²) in [4.78, 5) is 28.9. The minimum atomic E-state index is 0.889. The van der Waals surface area contributed by atoms with E-state index in [1.54, 1.807) is 0 Å². The lowest BCUT2D eigenvalue weighted by molar-refractivity contribution is 1.17. The van der Waals surface area contributed by atoms with Crippen molar-refractivity contribution < 1.29 is 0 Å². The number of benzene rings is 8. The Hall–Kier alpha value is -12.0. The molecule has 3 aliphatic rings. The highest BCUT2D eigenvalue weighted by Gasteiger charge is 2.26. The molecular weight excluding hydrogens is 1070 g/mol. The molecular formula is C80H54N8. The third-order valence-electron chi connectivity index (χ3n) is 17.1. The number of hydrogen-bond donors (Lipinski definition) is 5. The van der Waals surface area contributed by atoms with Crippen molar-refractivity contribution in [1.29, 1.82) is 0 Å². The number of fused-ring (bicyclic) bond motifs is 28. The van der Waals surface area contributed by atoms with Gasteiger partial charge in [-0.25, -0.2) is 9.97 Å². The highest BCUT2D eigenvalue weighted by molar-refractivity contribution is 6.11. The third-order valence-corrected chi connectivity index (χ3v) is 17.1. The van der Waals surface area contributed by atoms with Crippen LogP contribution >= 0.6 is 0 Å². The molecule has 0 radical (unpaired) electrons. The normalized spacial score (nSPS) is 12.4. The van der Waals surface area contributed by atoms with Crippen molar-refractivity contribution in [2.75, 3.05) is 0 Å². The van der Waals surface area contributed by atoms with E-state index in [9.17, 15) is 0 Å².